The largest absolute Gasteiger partial charge is 0.376 e. The number of para-hydroxylation sites is 1. The Bertz CT molecular complexity index is 298. The van der Waals surface area contributed by atoms with Crippen molar-refractivity contribution in [2.75, 3.05) is 11.1 Å². The van der Waals surface area contributed by atoms with Gasteiger partial charge in [-0.25, -0.2) is 0 Å². The highest BCUT2D eigenvalue weighted by atomic mass is 32.2. The zero-order chi connectivity index (χ0) is 8.39. The minimum Gasteiger partial charge on any atom is -0.376 e. The van der Waals surface area contributed by atoms with Crippen molar-refractivity contribution in [1.29, 1.82) is 0 Å². The van der Waals surface area contributed by atoms with Crippen LogP contribution >= 0.6 is 24.0 Å². The summed E-state index contributed by atoms with van der Waals surface area (Å²) in [6.07, 6.45) is 0. The number of fused-ring (bicyclic) bond motifs is 1. The van der Waals surface area contributed by atoms with Crippen LogP contribution in [-0.2, 0) is 0 Å². The van der Waals surface area contributed by atoms with Crippen LogP contribution in [0.1, 0.15) is 0 Å². The molecule has 1 aliphatic rings. The topological polar surface area (TPSA) is 12.0 Å². The third-order valence-electron chi connectivity index (χ3n) is 1.81. The highest BCUT2D eigenvalue weighted by Gasteiger charge is 2.14. The van der Waals surface area contributed by atoms with E-state index < -0.39 is 0 Å². The zero-order valence-corrected chi connectivity index (χ0v) is 8.12. The van der Waals surface area contributed by atoms with Gasteiger partial charge in [-0.15, -0.1) is 11.8 Å². The molecule has 0 radical (unpaired) electrons. The van der Waals surface area contributed by atoms with E-state index in [1.165, 1.54) is 10.6 Å². The lowest BCUT2D eigenvalue weighted by molar-refractivity contribution is 1.06. The van der Waals surface area contributed by atoms with Crippen LogP contribution in [0, 0.1) is 0 Å². The van der Waals surface area contributed by atoms with E-state index in [0.29, 0.717) is 6.04 Å². The van der Waals surface area contributed by atoms with E-state index in [9.17, 15) is 0 Å². The second-order valence-corrected chi connectivity index (χ2v) is 4.03. The van der Waals surface area contributed by atoms with Crippen LogP contribution in [0.15, 0.2) is 29.2 Å². The molecule has 1 unspecified atom stereocenters. The first-order valence-corrected chi connectivity index (χ1v) is 5.29. The normalized spacial score (nSPS) is 20.8. The fourth-order valence-electron chi connectivity index (χ4n) is 1.21. The smallest absolute Gasteiger partial charge is 0.0641 e. The fourth-order valence-corrected chi connectivity index (χ4v) is 2.49. The SMILES string of the molecule is S=CC1CSc2ccccc2N1. The molecule has 0 aromatic heterocycles. The monoisotopic (exact) mass is 195 g/mol. The first-order chi connectivity index (χ1) is 5.90. The van der Waals surface area contributed by atoms with Gasteiger partial charge in [0.05, 0.1) is 6.04 Å². The summed E-state index contributed by atoms with van der Waals surface area (Å²) < 4.78 is 0. The van der Waals surface area contributed by atoms with E-state index in [4.69, 9.17) is 12.2 Å². The van der Waals surface area contributed by atoms with Crippen molar-refractivity contribution in [3.63, 3.8) is 0 Å². The molecule has 3 heteroatoms. The van der Waals surface area contributed by atoms with Crippen LogP contribution in [-0.4, -0.2) is 17.2 Å². The van der Waals surface area contributed by atoms with Crippen molar-refractivity contribution in [1.82, 2.24) is 0 Å². The Hall–Kier alpha value is -0.540. The summed E-state index contributed by atoms with van der Waals surface area (Å²) in [5, 5.41) is 5.16. The lowest BCUT2D eigenvalue weighted by Crippen LogP contribution is -2.26. The third kappa shape index (κ3) is 1.47. The maximum atomic E-state index is 4.90. The Morgan fingerprint density at radius 2 is 2.33 bits per heavy atom. The molecule has 12 heavy (non-hydrogen) atoms. The molecule has 0 saturated carbocycles. The average molecular weight is 195 g/mol. The highest BCUT2D eigenvalue weighted by Crippen LogP contribution is 2.31. The number of nitrogens with one attached hydrogen (secondary N) is 1. The molecule has 0 aliphatic carbocycles. The van der Waals surface area contributed by atoms with Crippen LogP contribution in [0.2, 0.25) is 0 Å². The lowest BCUT2D eigenvalue weighted by atomic mass is 10.3. The molecule has 62 valence electrons. The van der Waals surface area contributed by atoms with Crippen LogP contribution in [0.4, 0.5) is 5.69 Å². The van der Waals surface area contributed by atoms with Crippen molar-refractivity contribution in [3.8, 4) is 0 Å². The molecule has 1 nitrogen and oxygen atoms in total. The molecule has 1 aromatic carbocycles. The molecule has 0 bridgehead atoms. The number of anilines is 1. The van der Waals surface area contributed by atoms with E-state index in [0.717, 1.165) is 5.75 Å². The molecule has 0 spiro atoms. The predicted molar refractivity (Wildman–Crippen MR) is 58.2 cm³/mol. The second-order valence-electron chi connectivity index (χ2n) is 2.69. The fraction of sp³-hybridized carbons (Fsp3) is 0.222. The molecule has 0 amide bonds. The molecular formula is C9H9NS2. The van der Waals surface area contributed by atoms with Gasteiger partial charge in [0, 0.05) is 21.7 Å². The van der Waals surface area contributed by atoms with Gasteiger partial charge >= 0.3 is 0 Å². The Morgan fingerprint density at radius 3 is 3.17 bits per heavy atom. The molecule has 0 saturated heterocycles. The maximum Gasteiger partial charge on any atom is 0.0641 e. The molecular weight excluding hydrogens is 186 g/mol. The Kier molecular flexibility index (Phi) is 2.33. The molecule has 2 rings (SSSR count). The van der Waals surface area contributed by atoms with Crippen LogP contribution in [0.25, 0.3) is 0 Å². The molecule has 1 atom stereocenters. The standard InChI is InChI=1S/C9H9NS2/c11-5-7-6-12-9-4-2-1-3-8(9)10-7/h1-5,7,10H,6H2. The zero-order valence-electron chi connectivity index (χ0n) is 6.49. The lowest BCUT2D eigenvalue weighted by Gasteiger charge is -2.23. The van der Waals surface area contributed by atoms with Crippen molar-refractivity contribution in [2.45, 2.75) is 10.9 Å². The van der Waals surface area contributed by atoms with Crippen molar-refractivity contribution in [3.05, 3.63) is 24.3 Å². The highest BCUT2D eigenvalue weighted by molar-refractivity contribution is 7.99. The number of thioether (sulfide) groups is 1. The summed E-state index contributed by atoms with van der Waals surface area (Å²) in [6, 6.07) is 8.67. The summed E-state index contributed by atoms with van der Waals surface area (Å²) in [5.74, 6) is 1.04. The van der Waals surface area contributed by atoms with Crippen LogP contribution in [0.5, 0.6) is 0 Å². The minimum absolute atomic E-state index is 0.347. The van der Waals surface area contributed by atoms with E-state index in [2.05, 4.69) is 23.5 Å². The van der Waals surface area contributed by atoms with Gasteiger partial charge in [0.1, 0.15) is 0 Å². The van der Waals surface area contributed by atoms with Gasteiger partial charge in [-0.3, -0.25) is 0 Å². The van der Waals surface area contributed by atoms with Crippen molar-refractivity contribution < 1.29 is 0 Å². The summed E-state index contributed by atoms with van der Waals surface area (Å²) in [5.41, 5.74) is 1.21. The van der Waals surface area contributed by atoms with Crippen LogP contribution < -0.4 is 5.32 Å². The van der Waals surface area contributed by atoms with Gasteiger partial charge in [-0.2, -0.15) is 0 Å². The summed E-state index contributed by atoms with van der Waals surface area (Å²) in [4.78, 5) is 1.32. The van der Waals surface area contributed by atoms with Crippen LogP contribution in [0.3, 0.4) is 0 Å². The van der Waals surface area contributed by atoms with Gasteiger partial charge in [0.2, 0.25) is 0 Å². The van der Waals surface area contributed by atoms with Crippen molar-refractivity contribution in [2.24, 2.45) is 0 Å². The predicted octanol–water partition coefficient (Wildman–Crippen LogP) is 2.57. The first-order valence-electron chi connectivity index (χ1n) is 3.84. The van der Waals surface area contributed by atoms with E-state index in [1.54, 1.807) is 5.37 Å². The molecule has 1 N–H and O–H groups in total. The number of hydrogen-bond donors (Lipinski definition) is 1. The first kappa shape index (κ1) is 8.08. The van der Waals surface area contributed by atoms with E-state index in [1.807, 2.05) is 17.8 Å². The maximum absolute atomic E-state index is 4.90. The van der Waals surface area contributed by atoms with E-state index in [-0.39, 0.29) is 0 Å². The number of benzene rings is 1. The van der Waals surface area contributed by atoms with E-state index >= 15 is 0 Å². The second kappa shape index (κ2) is 3.46. The summed E-state index contributed by atoms with van der Waals surface area (Å²) in [7, 11) is 0. The molecule has 1 heterocycles. The number of rotatable bonds is 1. The quantitative estimate of drug-likeness (QED) is 0.692. The average Bonchev–Trinajstić information content (AvgIpc) is 2.17. The third-order valence-corrected chi connectivity index (χ3v) is 3.33. The molecule has 1 aromatic rings. The van der Waals surface area contributed by atoms with Gasteiger partial charge in [0.25, 0.3) is 0 Å². The van der Waals surface area contributed by atoms with Gasteiger partial charge < -0.3 is 5.32 Å². The summed E-state index contributed by atoms with van der Waals surface area (Å²) in [6.45, 7) is 0. The number of hydrogen-bond acceptors (Lipinski definition) is 3. The molecule has 1 aliphatic heterocycles. The minimum atomic E-state index is 0.347. The Balaban J connectivity index is 2.28. The Morgan fingerprint density at radius 1 is 1.50 bits per heavy atom. The summed E-state index contributed by atoms with van der Waals surface area (Å²) >= 11 is 6.76. The van der Waals surface area contributed by atoms with Gasteiger partial charge in [0.15, 0.2) is 0 Å². The Labute approximate surface area is 81.6 Å². The molecule has 0 fully saturated rings. The van der Waals surface area contributed by atoms with Gasteiger partial charge in [-0.1, -0.05) is 24.4 Å². The van der Waals surface area contributed by atoms with Crippen molar-refractivity contribution >= 4 is 35.0 Å². The van der Waals surface area contributed by atoms with Gasteiger partial charge in [-0.05, 0) is 12.1 Å². The number of thiocarbonyl (C=S) groups is 1.